The van der Waals surface area contributed by atoms with E-state index in [-0.39, 0.29) is 19.0 Å². The molecule has 0 saturated heterocycles. The van der Waals surface area contributed by atoms with Gasteiger partial charge in [-0.15, -0.1) is 0 Å². The Bertz CT molecular complexity index is 360. The molecule has 0 amide bonds. The van der Waals surface area contributed by atoms with Gasteiger partial charge in [-0.3, -0.25) is 0 Å². The maximum atomic E-state index is 13.3. The molecule has 0 fully saturated rings. The number of nitrogens with one attached hydrogen (secondary N) is 1. The van der Waals surface area contributed by atoms with Crippen LogP contribution in [-0.4, -0.2) is 36.1 Å². The highest BCUT2D eigenvalue weighted by atomic mass is 19.1. The molecule has 1 aromatic rings. The smallest absolute Gasteiger partial charge is 0.127 e. The van der Waals surface area contributed by atoms with Crippen LogP contribution < -0.4 is 10.1 Å². The van der Waals surface area contributed by atoms with E-state index in [1.54, 1.807) is 6.07 Å². The minimum absolute atomic E-state index is 0.0538. The SMILES string of the molecule is CCCNCc1cc(F)cc(OCC(O)CO)c1. The monoisotopic (exact) mass is 257 g/mol. The first-order chi connectivity index (χ1) is 8.65. The zero-order valence-corrected chi connectivity index (χ0v) is 10.5. The molecule has 0 aliphatic carbocycles. The Kier molecular flexibility index (Phi) is 6.64. The minimum Gasteiger partial charge on any atom is -0.491 e. The number of hydrogen-bond donors (Lipinski definition) is 3. The summed E-state index contributed by atoms with van der Waals surface area (Å²) < 4.78 is 18.5. The molecule has 0 aromatic heterocycles. The second-order valence-electron chi connectivity index (χ2n) is 4.12. The molecule has 102 valence electrons. The van der Waals surface area contributed by atoms with Crippen molar-refractivity contribution in [2.45, 2.75) is 26.0 Å². The van der Waals surface area contributed by atoms with Gasteiger partial charge < -0.3 is 20.3 Å². The van der Waals surface area contributed by atoms with Crippen molar-refractivity contribution < 1.29 is 19.3 Å². The predicted octanol–water partition coefficient (Wildman–Crippen LogP) is 1.06. The molecule has 0 bridgehead atoms. The van der Waals surface area contributed by atoms with Gasteiger partial charge in [0.2, 0.25) is 0 Å². The highest BCUT2D eigenvalue weighted by molar-refractivity contribution is 5.29. The fraction of sp³-hybridized carbons (Fsp3) is 0.538. The van der Waals surface area contributed by atoms with Crippen LogP contribution in [0.1, 0.15) is 18.9 Å². The van der Waals surface area contributed by atoms with Crippen molar-refractivity contribution in [2.24, 2.45) is 0 Å². The van der Waals surface area contributed by atoms with Crippen LogP contribution in [0.3, 0.4) is 0 Å². The number of aliphatic hydroxyl groups is 2. The van der Waals surface area contributed by atoms with Gasteiger partial charge in [0.15, 0.2) is 0 Å². The highest BCUT2D eigenvalue weighted by Crippen LogP contribution is 2.16. The minimum atomic E-state index is -0.949. The summed E-state index contributed by atoms with van der Waals surface area (Å²) in [4.78, 5) is 0. The van der Waals surface area contributed by atoms with E-state index in [4.69, 9.17) is 14.9 Å². The van der Waals surface area contributed by atoms with Crippen LogP contribution in [0, 0.1) is 5.82 Å². The number of rotatable bonds is 8. The first kappa shape index (κ1) is 14.9. The topological polar surface area (TPSA) is 61.7 Å². The van der Waals surface area contributed by atoms with Crippen molar-refractivity contribution in [1.29, 1.82) is 0 Å². The Morgan fingerprint density at radius 2 is 2.17 bits per heavy atom. The van der Waals surface area contributed by atoms with Crippen LogP contribution in [0.4, 0.5) is 4.39 Å². The van der Waals surface area contributed by atoms with Gasteiger partial charge >= 0.3 is 0 Å². The van der Waals surface area contributed by atoms with Crippen LogP contribution in [-0.2, 0) is 6.54 Å². The Morgan fingerprint density at radius 3 is 2.83 bits per heavy atom. The zero-order chi connectivity index (χ0) is 13.4. The fourth-order valence-corrected chi connectivity index (χ4v) is 1.46. The van der Waals surface area contributed by atoms with E-state index in [0.29, 0.717) is 12.3 Å². The molecule has 1 unspecified atom stereocenters. The average molecular weight is 257 g/mol. The van der Waals surface area contributed by atoms with Crippen molar-refractivity contribution in [3.63, 3.8) is 0 Å². The first-order valence-corrected chi connectivity index (χ1v) is 6.07. The third-order valence-electron chi connectivity index (χ3n) is 2.34. The molecule has 1 rings (SSSR count). The van der Waals surface area contributed by atoms with Gasteiger partial charge in [-0.1, -0.05) is 6.92 Å². The number of halogens is 1. The van der Waals surface area contributed by atoms with Gasteiger partial charge in [0.1, 0.15) is 24.3 Å². The third kappa shape index (κ3) is 5.44. The molecule has 4 nitrogen and oxygen atoms in total. The maximum Gasteiger partial charge on any atom is 0.127 e. The van der Waals surface area contributed by atoms with Gasteiger partial charge in [0, 0.05) is 12.6 Å². The number of aliphatic hydroxyl groups excluding tert-OH is 2. The van der Waals surface area contributed by atoms with Gasteiger partial charge in [0.05, 0.1) is 6.61 Å². The molecule has 0 radical (unpaired) electrons. The van der Waals surface area contributed by atoms with Crippen LogP contribution in [0.2, 0.25) is 0 Å². The second kappa shape index (κ2) is 8.02. The molecule has 0 aliphatic rings. The lowest BCUT2D eigenvalue weighted by molar-refractivity contribution is 0.0535. The summed E-state index contributed by atoms with van der Waals surface area (Å²) >= 11 is 0. The molecule has 0 heterocycles. The second-order valence-corrected chi connectivity index (χ2v) is 4.12. The van der Waals surface area contributed by atoms with Crippen molar-refractivity contribution in [2.75, 3.05) is 19.8 Å². The van der Waals surface area contributed by atoms with Crippen molar-refractivity contribution in [3.8, 4) is 5.75 Å². The summed E-state index contributed by atoms with van der Waals surface area (Å²) in [7, 11) is 0. The number of ether oxygens (including phenoxy) is 1. The first-order valence-electron chi connectivity index (χ1n) is 6.07. The lowest BCUT2D eigenvalue weighted by Crippen LogP contribution is -2.21. The lowest BCUT2D eigenvalue weighted by Gasteiger charge is -2.11. The number of benzene rings is 1. The molecular formula is C13H20FNO3. The summed E-state index contributed by atoms with van der Waals surface area (Å²) in [5, 5.41) is 21.0. The van der Waals surface area contributed by atoms with Crippen LogP contribution >= 0.6 is 0 Å². The van der Waals surface area contributed by atoms with E-state index in [1.807, 2.05) is 0 Å². The quantitative estimate of drug-likeness (QED) is 0.609. The van der Waals surface area contributed by atoms with Crippen LogP contribution in [0.25, 0.3) is 0 Å². The van der Waals surface area contributed by atoms with Gasteiger partial charge in [-0.05, 0) is 30.7 Å². The Balaban J connectivity index is 2.56. The molecule has 5 heteroatoms. The van der Waals surface area contributed by atoms with Gasteiger partial charge in [0.25, 0.3) is 0 Å². The molecule has 0 spiro atoms. The van der Waals surface area contributed by atoms with Crippen molar-refractivity contribution >= 4 is 0 Å². The molecule has 0 aliphatic heterocycles. The Morgan fingerprint density at radius 1 is 1.39 bits per heavy atom. The molecule has 3 N–H and O–H groups in total. The largest absolute Gasteiger partial charge is 0.491 e. The van der Waals surface area contributed by atoms with E-state index in [2.05, 4.69) is 12.2 Å². The van der Waals surface area contributed by atoms with Crippen molar-refractivity contribution in [3.05, 3.63) is 29.6 Å². The van der Waals surface area contributed by atoms with Gasteiger partial charge in [-0.2, -0.15) is 0 Å². The summed E-state index contributed by atoms with van der Waals surface area (Å²) in [5.74, 6) is -0.0184. The van der Waals surface area contributed by atoms with E-state index >= 15 is 0 Å². The standard InChI is InChI=1S/C13H20FNO3/c1-2-3-15-7-10-4-11(14)6-13(5-10)18-9-12(17)8-16/h4-6,12,15-17H,2-3,7-9H2,1H3. The summed E-state index contributed by atoms with van der Waals surface area (Å²) in [6, 6.07) is 4.42. The molecule has 0 saturated carbocycles. The predicted molar refractivity (Wildman–Crippen MR) is 67.0 cm³/mol. The van der Waals surface area contributed by atoms with Gasteiger partial charge in [-0.25, -0.2) is 4.39 Å². The van der Waals surface area contributed by atoms with Crippen molar-refractivity contribution in [1.82, 2.24) is 5.32 Å². The fourth-order valence-electron chi connectivity index (χ4n) is 1.46. The Hall–Kier alpha value is -1.17. The highest BCUT2D eigenvalue weighted by Gasteiger charge is 2.05. The third-order valence-corrected chi connectivity index (χ3v) is 2.34. The van der Waals surface area contributed by atoms with Crippen LogP contribution in [0.15, 0.2) is 18.2 Å². The summed E-state index contributed by atoms with van der Waals surface area (Å²) in [5.41, 5.74) is 0.789. The average Bonchev–Trinajstić information content (AvgIpc) is 2.35. The number of hydrogen-bond acceptors (Lipinski definition) is 4. The summed E-state index contributed by atoms with van der Waals surface area (Å²) in [6.45, 7) is 3.08. The molecule has 1 atom stereocenters. The molecule has 1 aromatic carbocycles. The summed E-state index contributed by atoms with van der Waals surface area (Å²) in [6.07, 6.45) is 0.0661. The van der Waals surface area contributed by atoms with E-state index < -0.39 is 6.10 Å². The van der Waals surface area contributed by atoms with E-state index in [1.165, 1.54) is 12.1 Å². The molecule has 18 heavy (non-hydrogen) atoms. The molecular weight excluding hydrogens is 237 g/mol. The maximum absolute atomic E-state index is 13.3. The van der Waals surface area contributed by atoms with Crippen LogP contribution in [0.5, 0.6) is 5.75 Å². The van der Waals surface area contributed by atoms with E-state index in [9.17, 15) is 4.39 Å². The van der Waals surface area contributed by atoms with E-state index in [0.717, 1.165) is 18.5 Å². The normalized spacial score (nSPS) is 12.4. The lowest BCUT2D eigenvalue weighted by atomic mass is 10.2. The Labute approximate surface area is 106 Å². The zero-order valence-electron chi connectivity index (χ0n) is 10.5.